The van der Waals surface area contributed by atoms with Gasteiger partial charge in [-0.25, -0.2) is 9.83 Å². The van der Waals surface area contributed by atoms with Crippen LogP contribution in [0.2, 0.25) is 0 Å². The molecule has 2 atom stereocenters. The molecule has 9 nitrogen and oxygen atoms in total. The van der Waals surface area contributed by atoms with Gasteiger partial charge in [-0.05, 0) is 31.9 Å². The summed E-state index contributed by atoms with van der Waals surface area (Å²) in [5.41, 5.74) is 0.657. The van der Waals surface area contributed by atoms with Crippen LogP contribution in [0.4, 0.5) is 0 Å². The summed E-state index contributed by atoms with van der Waals surface area (Å²) < 4.78 is 15.3. The Morgan fingerprint density at radius 1 is 1.00 bits per heavy atom. The van der Waals surface area contributed by atoms with Crippen LogP contribution in [-0.2, 0) is 39.4 Å². The van der Waals surface area contributed by atoms with Crippen molar-refractivity contribution in [3.05, 3.63) is 82.9 Å². The van der Waals surface area contributed by atoms with Gasteiger partial charge in [0.2, 0.25) is 6.41 Å². The van der Waals surface area contributed by atoms with Gasteiger partial charge in [-0.1, -0.05) is 65.2 Å². The zero-order valence-corrected chi connectivity index (χ0v) is 20.7. The lowest BCUT2D eigenvalue weighted by Crippen LogP contribution is -2.35. The van der Waals surface area contributed by atoms with Crippen molar-refractivity contribution in [3.63, 3.8) is 0 Å². The molecule has 2 unspecified atom stereocenters. The average molecular weight is 498 g/mol. The minimum absolute atomic E-state index is 0.0533. The third-order valence-corrected chi connectivity index (χ3v) is 5.99. The molecule has 0 radical (unpaired) electrons. The van der Waals surface area contributed by atoms with Crippen LogP contribution in [0.1, 0.15) is 38.0 Å². The molecule has 0 saturated heterocycles. The van der Waals surface area contributed by atoms with Gasteiger partial charge >= 0.3 is 11.9 Å². The molecule has 1 amide bonds. The Bertz CT molecular complexity index is 1120. The van der Waals surface area contributed by atoms with Crippen LogP contribution in [0.3, 0.4) is 0 Å². The van der Waals surface area contributed by atoms with Gasteiger partial charge in [0, 0.05) is 16.1 Å². The summed E-state index contributed by atoms with van der Waals surface area (Å²) in [5.74, 6) is -3.18. The molecule has 1 aliphatic heterocycles. The highest BCUT2D eigenvalue weighted by Crippen LogP contribution is 2.31. The molecule has 184 valence electrons. The van der Waals surface area contributed by atoms with Crippen LogP contribution in [0.5, 0.6) is 0 Å². The number of carbonyl (C=O) groups is 3. The van der Waals surface area contributed by atoms with Gasteiger partial charge in [0.25, 0.3) is 0 Å². The van der Waals surface area contributed by atoms with Gasteiger partial charge < -0.3 is 14.8 Å². The van der Waals surface area contributed by atoms with Crippen LogP contribution in [0.25, 0.3) is 0 Å². The molecule has 1 aliphatic rings. The fourth-order valence-electron chi connectivity index (χ4n) is 3.24. The molecule has 2 aromatic rings. The quantitative estimate of drug-likeness (QED) is 0.258. The van der Waals surface area contributed by atoms with Gasteiger partial charge in [0.05, 0.1) is 12.8 Å². The normalized spacial score (nSPS) is 16.3. The third-order valence-electron chi connectivity index (χ3n) is 4.61. The van der Waals surface area contributed by atoms with E-state index in [1.54, 1.807) is 20.8 Å². The van der Waals surface area contributed by atoms with Crippen molar-refractivity contribution in [2.45, 2.75) is 32.5 Å². The fourth-order valence-corrected chi connectivity index (χ4v) is 4.41. The van der Waals surface area contributed by atoms with E-state index in [-0.39, 0.29) is 10.9 Å². The number of benzene rings is 2. The number of hydrogen-bond acceptors (Lipinski definition) is 8. The number of carbonyl (C=O) groups excluding carboxylic acids is 3. The minimum Gasteiger partial charge on any atom is -0.459 e. The van der Waals surface area contributed by atoms with E-state index in [9.17, 15) is 14.4 Å². The van der Waals surface area contributed by atoms with Gasteiger partial charge in [0.1, 0.15) is 5.60 Å². The Labute approximate surface area is 206 Å². The highest BCUT2D eigenvalue weighted by Gasteiger charge is 2.40. The van der Waals surface area contributed by atoms with Gasteiger partial charge in [-0.2, -0.15) is 0 Å². The molecule has 1 heterocycles. The van der Waals surface area contributed by atoms with E-state index >= 15 is 0 Å². The van der Waals surface area contributed by atoms with Crippen LogP contribution in [0.15, 0.2) is 81.3 Å². The Morgan fingerprint density at radius 2 is 1.57 bits per heavy atom. The van der Waals surface area contributed by atoms with E-state index in [0.717, 1.165) is 11.1 Å². The zero-order valence-electron chi connectivity index (χ0n) is 19.8. The Balaban J connectivity index is 2.02. The lowest BCUT2D eigenvalue weighted by molar-refractivity contribution is -0.168. The molecule has 2 aromatic carbocycles. The van der Waals surface area contributed by atoms with Crippen molar-refractivity contribution in [3.8, 4) is 0 Å². The number of rotatable bonds is 8. The topological polar surface area (TPSA) is 116 Å². The second kappa shape index (κ2) is 11.7. The van der Waals surface area contributed by atoms with E-state index in [0.29, 0.717) is 6.41 Å². The lowest BCUT2D eigenvalue weighted by Gasteiger charge is -2.25. The number of amidine groups is 1. The molecule has 0 fully saturated rings. The summed E-state index contributed by atoms with van der Waals surface area (Å²) in [4.78, 5) is 46.9. The third kappa shape index (κ3) is 6.93. The summed E-state index contributed by atoms with van der Waals surface area (Å²) in [6.07, 6.45) is -0.335. The first-order valence-corrected chi connectivity index (χ1v) is 12.0. The maximum absolute atomic E-state index is 13.6. The molecule has 35 heavy (non-hydrogen) atoms. The SMILES string of the molecule is CON=S1C=C(C(C(=O)OC(c2ccccc2)c2ccccc2)C(=O)OC(C)(C)C)N=C1NC=O. The predicted octanol–water partition coefficient (Wildman–Crippen LogP) is 3.60. The van der Waals surface area contributed by atoms with E-state index in [1.807, 2.05) is 60.7 Å². The summed E-state index contributed by atoms with van der Waals surface area (Å²) in [7, 11) is 0.225. The molecule has 0 aromatic heterocycles. The fraction of sp³-hybridized carbons (Fsp3) is 0.280. The van der Waals surface area contributed by atoms with E-state index in [1.165, 1.54) is 12.5 Å². The van der Waals surface area contributed by atoms with Crippen molar-refractivity contribution >= 4 is 34.2 Å². The van der Waals surface area contributed by atoms with E-state index in [2.05, 4.69) is 14.8 Å². The van der Waals surface area contributed by atoms with Crippen molar-refractivity contribution < 1.29 is 28.7 Å². The number of aliphatic imine (C=N–C) groups is 1. The standard InChI is InChI=1S/C25H27N3O6S/c1-25(2,3)34-23(31)20(19-15-35(28-32-4)24(27-19)26-16-29)22(30)33-21(17-11-7-5-8-12-17)18-13-9-6-10-14-18/h5-16,20-21H,1-4H3,(H,26,27,29). The predicted molar refractivity (Wildman–Crippen MR) is 132 cm³/mol. The lowest BCUT2D eigenvalue weighted by atomic mass is 10.0. The highest BCUT2D eigenvalue weighted by molar-refractivity contribution is 8.05. The largest absolute Gasteiger partial charge is 0.459 e. The Kier molecular flexibility index (Phi) is 8.67. The number of nitrogens with zero attached hydrogens (tertiary/aromatic N) is 2. The van der Waals surface area contributed by atoms with Crippen LogP contribution in [0, 0.1) is 5.92 Å². The molecule has 10 heteroatoms. The summed E-state index contributed by atoms with van der Waals surface area (Å²) in [5, 5.41) is 4.05. The summed E-state index contributed by atoms with van der Waals surface area (Å²) in [6, 6.07) is 18.4. The van der Waals surface area contributed by atoms with Crippen LogP contribution >= 0.6 is 0 Å². The molecule has 0 bridgehead atoms. The minimum atomic E-state index is -1.50. The Hall–Kier alpha value is -3.63. The number of esters is 2. The first kappa shape index (κ1) is 26.0. The smallest absolute Gasteiger partial charge is 0.327 e. The summed E-state index contributed by atoms with van der Waals surface area (Å²) in [6.45, 7) is 5.08. The van der Waals surface area contributed by atoms with Gasteiger partial charge in [-0.3, -0.25) is 14.4 Å². The van der Waals surface area contributed by atoms with Crippen molar-refractivity contribution in [2.24, 2.45) is 15.4 Å². The molecular formula is C25H27N3O6S. The van der Waals surface area contributed by atoms with E-state index in [4.69, 9.17) is 14.3 Å². The highest BCUT2D eigenvalue weighted by atomic mass is 32.2. The van der Waals surface area contributed by atoms with Crippen molar-refractivity contribution in [2.75, 3.05) is 7.11 Å². The van der Waals surface area contributed by atoms with Gasteiger partial charge in [-0.15, -0.1) is 0 Å². The van der Waals surface area contributed by atoms with Crippen molar-refractivity contribution in [1.82, 2.24) is 5.32 Å². The number of hydrogen-bond donors (Lipinski definition) is 1. The first-order chi connectivity index (χ1) is 16.7. The number of ether oxygens (including phenoxy) is 2. The molecule has 1 N–H and O–H groups in total. The van der Waals surface area contributed by atoms with Crippen LogP contribution < -0.4 is 5.32 Å². The molecule has 0 spiro atoms. The molecular weight excluding hydrogens is 470 g/mol. The molecule has 0 saturated carbocycles. The second-order valence-corrected chi connectivity index (χ2v) is 9.80. The maximum atomic E-state index is 13.6. The van der Waals surface area contributed by atoms with Crippen LogP contribution in [-0.4, -0.2) is 36.2 Å². The second-order valence-electron chi connectivity index (χ2n) is 8.40. The first-order valence-electron chi connectivity index (χ1n) is 10.7. The summed E-state index contributed by atoms with van der Waals surface area (Å²) >= 11 is 0. The number of nitrogens with one attached hydrogen (secondary N) is 1. The van der Waals surface area contributed by atoms with Crippen molar-refractivity contribution in [1.29, 1.82) is 0 Å². The Morgan fingerprint density at radius 3 is 2.06 bits per heavy atom. The zero-order chi connectivity index (χ0) is 25.4. The average Bonchev–Trinajstić information content (AvgIpc) is 3.19. The maximum Gasteiger partial charge on any atom is 0.327 e. The number of amides is 1. The van der Waals surface area contributed by atoms with E-state index < -0.39 is 40.3 Å². The van der Waals surface area contributed by atoms with Gasteiger partial charge in [0.15, 0.2) is 17.2 Å². The molecule has 3 rings (SSSR count). The monoisotopic (exact) mass is 497 g/mol. The molecule has 0 aliphatic carbocycles.